The molecule has 2 rings (SSSR count). The summed E-state index contributed by atoms with van der Waals surface area (Å²) in [5.74, 6) is -1.27. The van der Waals surface area contributed by atoms with E-state index in [0.717, 1.165) is 0 Å². The Morgan fingerprint density at radius 2 is 2.05 bits per heavy atom. The Hall–Kier alpha value is -1.28. The van der Waals surface area contributed by atoms with E-state index in [1.807, 2.05) is 13.8 Å². The summed E-state index contributed by atoms with van der Waals surface area (Å²) in [6.07, 6.45) is 0.212. The van der Waals surface area contributed by atoms with Gasteiger partial charge in [0.05, 0.1) is 0 Å². The van der Waals surface area contributed by atoms with Gasteiger partial charge in [0.1, 0.15) is 17.5 Å². The molecule has 2 aliphatic heterocycles. The summed E-state index contributed by atoms with van der Waals surface area (Å²) in [6.45, 7) is 4.94. The molecule has 2 heterocycles. The lowest BCUT2D eigenvalue weighted by molar-refractivity contribution is -0.176. The van der Waals surface area contributed by atoms with Crippen molar-refractivity contribution in [1.82, 2.24) is 4.90 Å². The van der Waals surface area contributed by atoms with Crippen molar-refractivity contribution in [2.24, 2.45) is 5.73 Å². The topological polar surface area (TPSA) is 98.9 Å². The second-order valence-corrected chi connectivity index (χ2v) is 7.01. The molecule has 0 aromatic heterocycles. The molecule has 7 nitrogen and oxygen atoms in total. The van der Waals surface area contributed by atoms with Crippen molar-refractivity contribution >= 4 is 29.6 Å². The number of rotatable bonds is 4. The number of amides is 1. The Kier molecular flexibility index (Phi) is 3.97. The van der Waals surface area contributed by atoms with Crippen molar-refractivity contribution in [2.75, 3.05) is 6.79 Å². The minimum atomic E-state index is -0.704. The molecule has 2 aliphatic rings. The minimum absolute atomic E-state index is 0.187. The Morgan fingerprint density at radius 1 is 1.40 bits per heavy atom. The van der Waals surface area contributed by atoms with E-state index in [2.05, 4.69) is 0 Å². The van der Waals surface area contributed by atoms with E-state index >= 15 is 0 Å². The van der Waals surface area contributed by atoms with Gasteiger partial charge in [0, 0.05) is 11.2 Å². The number of carbonyl (C=O) groups is 3. The summed E-state index contributed by atoms with van der Waals surface area (Å²) in [7, 11) is 0. The van der Waals surface area contributed by atoms with Crippen molar-refractivity contribution in [1.29, 1.82) is 0 Å². The van der Waals surface area contributed by atoms with Crippen LogP contribution in [-0.4, -0.2) is 51.7 Å². The molecule has 2 saturated heterocycles. The number of esters is 2. The van der Waals surface area contributed by atoms with Crippen LogP contribution >= 0.6 is 11.8 Å². The first-order valence-corrected chi connectivity index (χ1v) is 7.25. The van der Waals surface area contributed by atoms with Crippen molar-refractivity contribution < 1.29 is 23.9 Å². The zero-order valence-corrected chi connectivity index (χ0v) is 12.4. The summed E-state index contributed by atoms with van der Waals surface area (Å²) >= 11 is 1.48. The normalized spacial score (nSPS) is 30.5. The van der Waals surface area contributed by atoms with Gasteiger partial charge in [0.15, 0.2) is 0 Å². The van der Waals surface area contributed by atoms with Crippen LogP contribution in [0.25, 0.3) is 0 Å². The monoisotopic (exact) mass is 302 g/mol. The fourth-order valence-corrected chi connectivity index (χ4v) is 3.92. The number of hydrogen-bond donors (Lipinski definition) is 1. The Morgan fingerprint density at radius 3 is 2.65 bits per heavy atom. The maximum Gasteiger partial charge on any atom is 0.333 e. The standard InChI is InChI=1S/C12H18N2O5S/c1-4-6(15)18-5-19-11(17)8-12(2,3)20-10-7(13)9(16)14(8)10/h7-8,10H,4-5,13H2,1-3H3/t7-,8+,10-/m1/s1. The Bertz CT molecular complexity index is 453. The highest BCUT2D eigenvalue weighted by atomic mass is 32.2. The Balaban J connectivity index is 1.98. The molecule has 2 fully saturated rings. The van der Waals surface area contributed by atoms with Gasteiger partial charge in [-0.05, 0) is 13.8 Å². The van der Waals surface area contributed by atoms with Crippen LogP contribution in [0.4, 0.5) is 0 Å². The zero-order valence-electron chi connectivity index (χ0n) is 11.6. The van der Waals surface area contributed by atoms with Gasteiger partial charge in [-0.3, -0.25) is 9.59 Å². The van der Waals surface area contributed by atoms with Gasteiger partial charge in [-0.25, -0.2) is 4.79 Å². The summed E-state index contributed by atoms with van der Waals surface area (Å²) in [5.41, 5.74) is 5.72. The third-order valence-corrected chi connectivity index (χ3v) is 5.01. The minimum Gasteiger partial charge on any atom is -0.428 e. The molecule has 1 amide bonds. The van der Waals surface area contributed by atoms with E-state index in [1.165, 1.54) is 16.7 Å². The lowest BCUT2D eigenvalue weighted by atomic mass is 9.96. The number of nitrogens with zero attached hydrogens (tertiary/aromatic N) is 1. The number of ether oxygens (including phenoxy) is 2. The molecule has 0 radical (unpaired) electrons. The number of nitrogens with two attached hydrogens (primary N) is 1. The number of carbonyl (C=O) groups excluding carboxylic acids is 3. The number of thioether (sulfide) groups is 1. The van der Waals surface area contributed by atoms with Crippen LogP contribution in [0.1, 0.15) is 27.2 Å². The van der Waals surface area contributed by atoms with Crippen molar-refractivity contribution in [3.05, 3.63) is 0 Å². The van der Waals surface area contributed by atoms with Gasteiger partial charge in [0.2, 0.25) is 12.7 Å². The lowest BCUT2D eigenvalue weighted by Crippen LogP contribution is -2.68. The number of fused-ring (bicyclic) bond motifs is 1. The number of hydrogen-bond acceptors (Lipinski definition) is 7. The molecule has 112 valence electrons. The van der Waals surface area contributed by atoms with E-state index in [9.17, 15) is 14.4 Å². The van der Waals surface area contributed by atoms with E-state index in [1.54, 1.807) is 6.92 Å². The molecule has 0 aromatic rings. The molecule has 0 aliphatic carbocycles. The first kappa shape index (κ1) is 15.1. The van der Waals surface area contributed by atoms with Crippen LogP contribution in [0.3, 0.4) is 0 Å². The molecule has 0 saturated carbocycles. The van der Waals surface area contributed by atoms with Crippen molar-refractivity contribution in [3.63, 3.8) is 0 Å². The Labute approximate surface area is 121 Å². The highest BCUT2D eigenvalue weighted by Gasteiger charge is 2.63. The average Bonchev–Trinajstić information content (AvgIpc) is 2.66. The van der Waals surface area contributed by atoms with E-state index in [0.29, 0.717) is 0 Å². The summed E-state index contributed by atoms with van der Waals surface area (Å²) in [4.78, 5) is 36.3. The molecular weight excluding hydrogens is 284 g/mol. The fraction of sp³-hybridized carbons (Fsp3) is 0.750. The zero-order chi connectivity index (χ0) is 15.1. The molecule has 3 atom stereocenters. The summed E-state index contributed by atoms with van der Waals surface area (Å²) < 4.78 is 9.16. The lowest BCUT2D eigenvalue weighted by Gasteiger charge is -2.41. The molecule has 20 heavy (non-hydrogen) atoms. The molecular formula is C12H18N2O5S. The third kappa shape index (κ3) is 2.37. The van der Waals surface area contributed by atoms with Crippen molar-refractivity contribution in [2.45, 2.75) is 49.4 Å². The largest absolute Gasteiger partial charge is 0.428 e. The summed E-state index contributed by atoms with van der Waals surface area (Å²) in [6, 6.07) is -1.26. The molecule has 0 bridgehead atoms. The first-order valence-electron chi connectivity index (χ1n) is 6.37. The predicted molar refractivity (Wildman–Crippen MR) is 71.4 cm³/mol. The maximum atomic E-state index is 12.1. The van der Waals surface area contributed by atoms with Gasteiger partial charge in [-0.2, -0.15) is 0 Å². The van der Waals surface area contributed by atoms with E-state index in [4.69, 9.17) is 15.2 Å². The van der Waals surface area contributed by atoms with E-state index < -0.39 is 35.6 Å². The third-order valence-electron chi connectivity index (χ3n) is 3.42. The molecule has 0 spiro atoms. The second kappa shape index (κ2) is 5.25. The first-order chi connectivity index (χ1) is 9.29. The van der Waals surface area contributed by atoms with Gasteiger partial charge >= 0.3 is 11.9 Å². The molecule has 0 aromatic carbocycles. The van der Waals surface area contributed by atoms with Gasteiger partial charge < -0.3 is 20.1 Å². The van der Waals surface area contributed by atoms with Crippen LogP contribution in [-0.2, 0) is 23.9 Å². The predicted octanol–water partition coefficient (Wildman–Crippen LogP) is -0.170. The molecule has 2 N–H and O–H groups in total. The average molecular weight is 302 g/mol. The molecule has 8 heteroatoms. The van der Waals surface area contributed by atoms with Crippen LogP contribution in [0.2, 0.25) is 0 Å². The van der Waals surface area contributed by atoms with Gasteiger partial charge in [0.25, 0.3) is 0 Å². The van der Waals surface area contributed by atoms with E-state index in [-0.39, 0.29) is 17.7 Å². The maximum absolute atomic E-state index is 12.1. The highest BCUT2D eigenvalue weighted by Crippen LogP contribution is 2.50. The van der Waals surface area contributed by atoms with Crippen LogP contribution in [0.5, 0.6) is 0 Å². The smallest absolute Gasteiger partial charge is 0.333 e. The fourth-order valence-electron chi connectivity index (χ4n) is 2.36. The second-order valence-electron chi connectivity index (χ2n) is 5.24. The highest BCUT2D eigenvalue weighted by molar-refractivity contribution is 8.01. The SMILES string of the molecule is CCC(=O)OCOC(=O)[C@@H]1N2C(=O)[C@@H](N)[C@H]2SC1(C)C. The van der Waals surface area contributed by atoms with Crippen LogP contribution in [0, 0.1) is 0 Å². The molecule has 0 unspecified atom stereocenters. The van der Waals surface area contributed by atoms with Gasteiger partial charge in [-0.15, -0.1) is 11.8 Å². The summed E-state index contributed by atoms with van der Waals surface area (Å²) in [5, 5.41) is -0.187. The number of β-lactam (4-membered cyclic amide) rings is 1. The van der Waals surface area contributed by atoms with Gasteiger partial charge in [-0.1, -0.05) is 6.92 Å². The van der Waals surface area contributed by atoms with Crippen molar-refractivity contribution in [3.8, 4) is 0 Å². The van der Waals surface area contributed by atoms with Crippen LogP contribution < -0.4 is 5.73 Å². The quantitative estimate of drug-likeness (QED) is 0.437. The van der Waals surface area contributed by atoms with Crippen LogP contribution in [0.15, 0.2) is 0 Å².